The maximum absolute atomic E-state index is 5.34. The van der Waals surface area contributed by atoms with Crippen LogP contribution in [0, 0.1) is 6.07 Å². The number of imidazole rings is 2. The van der Waals surface area contributed by atoms with Gasteiger partial charge in [0.05, 0.1) is 11.3 Å². The first-order valence-corrected chi connectivity index (χ1v) is 18.6. The van der Waals surface area contributed by atoms with Gasteiger partial charge in [0.25, 0.3) is 0 Å². The van der Waals surface area contributed by atoms with Crippen LogP contribution in [0.5, 0.6) is 0 Å². The van der Waals surface area contributed by atoms with E-state index in [1.807, 2.05) is 6.20 Å². The molecule has 0 N–H and O–H groups in total. The average Bonchev–Trinajstić information content (AvgIpc) is 3.87. The molecule has 1 aliphatic rings. The molecule has 8 rings (SSSR count). The summed E-state index contributed by atoms with van der Waals surface area (Å²) in [4.78, 5) is 15.3. The molecule has 5 nitrogen and oxygen atoms in total. The van der Waals surface area contributed by atoms with Gasteiger partial charge in [0.1, 0.15) is 5.82 Å². The summed E-state index contributed by atoms with van der Waals surface area (Å²) in [7, 11) is 0. The summed E-state index contributed by atoms with van der Waals surface area (Å²) in [6.07, 6.45) is 6.09. The van der Waals surface area contributed by atoms with Crippen molar-refractivity contribution in [1.29, 1.82) is 0 Å². The van der Waals surface area contributed by atoms with Crippen molar-refractivity contribution >= 4 is 27.3 Å². The van der Waals surface area contributed by atoms with E-state index in [4.69, 9.17) is 15.0 Å². The molecule has 6 heteroatoms. The van der Waals surface area contributed by atoms with Crippen LogP contribution in [-0.2, 0) is 42.7 Å². The second kappa shape index (κ2) is 12.0. The third-order valence-electron chi connectivity index (χ3n) is 13.3. The van der Waals surface area contributed by atoms with Gasteiger partial charge in [0, 0.05) is 40.6 Å². The summed E-state index contributed by atoms with van der Waals surface area (Å²) in [6, 6.07) is 26.4. The van der Waals surface area contributed by atoms with Crippen molar-refractivity contribution in [3.05, 3.63) is 119 Å². The molecule has 0 saturated heterocycles. The Balaban J connectivity index is 0.00000420. The summed E-state index contributed by atoms with van der Waals surface area (Å²) < 4.78 is 4.68. The monoisotopic (exact) mass is 868 g/mol. The Hall–Kier alpha value is -3.95. The second-order valence-electron chi connectivity index (χ2n) is 17.6. The Morgan fingerprint density at radius 3 is 2.10 bits per heavy atom. The van der Waals surface area contributed by atoms with Crippen molar-refractivity contribution < 1.29 is 21.1 Å². The Kier molecular flexibility index (Phi) is 8.43. The van der Waals surface area contributed by atoms with Gasteiger partial charge in [0.15, 0.2) is 0 Å². The van der Waals surface area contributed by atoms with E-state index >= 15 is 0 Å². The maximum atomic E-state index is 5.34. The van der Waals surface area contributed by atoms with Crippen LogP contribution >= 0.6 is 0 Å². The third kappa shape index (κ3) is 4.83. The molecular weight excluding hydrogens is 818 g/mol. The van der Waals surface area contributed by atoms with Crippen molar-refractivity contribution in [2.75, 3.05) is 0 Å². The number of rotatable bonds is 7. The van der Waals surface area contributed by atoms with E-state index in [0.29, 0.717) is 11.8 Å². The zero-order chi connectivity index (χ0) is 36.4. The zero-order valence-electron chi connectivity index (χ0n) is 32.7. The number of para-hydroxylation sites is 2. The topological polar surface area (TPSA) is 49.2 Å². The van der Waals surface area contributed by atoms with E-state index in [2.05, 4.69) is 171 Å². The predicted octanol–water partition coefficient (Wildman–Crippen LogP) is 11.3. The molecule has 0 bridgehead atoms. The number of hydrogen-bond donors (Lipinski definition) is 0. The molecule has 0 spiro atoms. The first-order valence-electron chi connectivity index (χ1n) is 18.6. The van der Waals surface area contributed by atoms with Crippen LogP contribution in [-0.4, -0.2) is 18.9 Å². The Bertz CT molecular complexity index is 2470. The molecule has 0 amide bonds. The Morgan fingerprint density at radius 2 is 1.42 bits per heavy atom. The summed E-state index contributed by atoms with van der Waals surface area (Å²) in [5.74, 6) is 1.63. The molecule has 0 radical (unpaired) electrons. The molecular formula is C46H51N5Pt. The minimum Gasteiger partial charge on any atom is -0.658 e. The number of nitrogens with zero attached hydrogens (tertiary/aromatic N) is 5. The van der Waals surface area contributed by atoms with Crippen LogP contribution in [0.15, 0.2) is 79.3 Å². The molecule has 52 heavy (non-hydrogen) atoms. The van der Waals surface area contributed by atoms with Crippen molar-refractivity contribution in [3.63, 3.8) is 0 Å². The molecule has 0 atom stereocenters. The molecule has 7 aromatic rings. The number of pyridine rings is 1. The van der Waals surface area contributed by atoms with Gasteiger partial charge >= 0.3 is 21.1 Å². The zero-order valence-corrected chi connectivity index (χ0v) is 35.0. The second-order valence-corrected chi connectivity index (χ2v) is 17.6. The van der Waals surface area contributed by atoms with Crippen LogP contribution in [0.25, 0.3) is 44.5 Å². The Labute approximate surface area is 323 Å². The largest absolute Gasteiger partial charge is 2.00 e. The molecule has 0 fully saturated rings. The SMILES string of the molecule is CC(C)c1cccc(C(C)C)c1-n1ccnc1-c1ccc(C(C)(C)C(C)(C)c2[c-]c3c(cc2)c2cccc4c2n2c(cnc32)C(C)(C)C4(C)C)[n-]1.[Pt+2]. The fourth-order valence-electron chi connectivity index (χ4n) is 8.57. The van der Waals surface area contributed by atoms with Gasteiger partial charge in [-0.25, -0.2) is 4.98 Å². The van der Waals surface area contributed by atoms with Crippen molar-refractivity contribution in [2.24, 2.45) is 0 Å². The summed E-state index contributed by atoms with van der Waals surface area (Å²) in [5.41, 5.74) is 11.1. The first-order chi connectivity index (χ1) is 24.0. The smallest absolute Gasteiger partial charge is 0.658 e. The van der Waals surface area contributed by atoms with Gasteiger partial charge in [-0.1, -0.05) is 148 Å². The molecule has 270 valence electrons. The van der Waals surface area contributed by atoms with Crippen LogP contribution in [0.1, 0.15) is 129 Å². The Morgan fingerprint density at radius 1 is 0.750 bits per heavy atom. The molecule has 0 saturated carbocycles. The summed E-state index contributed by atoms with van der Waals surface area (Å²) >= 11 is 0. The molecule has 1 aliphatic heterocycles. The van der Waals surface area contributed by atoms with E-state index in [1.165, 1.54) is 44.4 Å². The van der Waals surface area contributed by atoms with Crippen LogP contribution in [0.4, 0.5) is 0 Å². The fraction of sp³-hybridized carbons (Fsp3) is 0.391. The van der Waals surface area contributed by atoms with Gasteiger partial charge in [-0.2, -0.15) is 5.69 Å². The van der Waals surface area contributed by atoms with Crippen molar-refractivity contribution in [3.8, 4) is 17.2 Å². The minimum atomic E-state index is -0.329. The van der Waals surface area contributed by atoms with E-state index in [9.17, 15) is 0 Å². The fourth-order valence-corrected chi connectivity index (χ4v) is 8.57. The van der Waals surface area contributed by atoms with Crippen LogP contribution in [0.3, 0.4) is 0 Å². The van der Waals surface area contributed by atoms with Gasteiger partial charge < -0.3 is 14.0 Å². The van der Waals surface area contributed by atoms with E-state index in [1.54, 1.807) is 0 Å². The van der Waals surface area contributed by atoms with Gasteiger partial charge in [-0.05, 0) is 44.7 Å². The van der Waals surface area contributed by atoms with Crippen LogP contribution in [0.2, 0.25) is 0 Å². The summed E-state index contributed by atoms with van der Waals surface area (Å²) in [5, 5.41) is 3.54. The quantitative estimate of drug-likeness (QED) is 0.118. The van der Waals surface area contributed by atoms with E-state index in [0.717, 1.165) is 33.8 Å². The molecule has 5 heterocycles. The van der Waals surface area contributed by atoms with Gasteiger partial charge in [-0.3, -0.25) is 4.98 Å². The van der Waals surface area contributed by atoms with E-state index < -0.39 is 0 Å². The van der Waals surface area contributed by atoms with E-state index in [-0.39, 0.29) is 42.7 Å². The predicted molar refractivity (Wildman–Crippen MR) is 212 cm³/mol. The minimum absolute atomic E-state index is 0. The van der Waals surface area contributed by atoms with Crippen LogP contribution < -0.4 is 4.98 Å². The summed E-state index contributed by atoms with van der Waals surface area (Å²) in [6.45, 7) is 27.8. The number of fused-ring (bicyclic) bond motifs is 3. The normalized spacial score (nSPS) is 15.4. The van der Waals surface area contributed by atoms with Crippen molar-refractivity contribution in [2.45, 2.75) is 117 Å². The molecule has 4 aromatic heterocycles. The standard InChI is InChI=1S/C46H51N5.Pt/c1-27(2)30-15-13-16-31(28(3)4)39(30)50-24-23-47-42(50)36-21-22-37(49-36)45(9,10)43(5,6)29-19-20-32-33-17-14-18-35-40(33)51-38(46(11,12)44(35,7)8)26-48-41(51)34(32)25-29;/h13-24,26-28H,1-12H3;/q-2;+2. The van der Waals surface area contributed by atoms with Gasteiger partial charge in [-0.15, -0.1) is 23.8 Å². The van der Waals surface area contributed by atoms with Gasteiger partial charge in [0.2, 0.25) is 0 Å². The van der Waals surface area contributed by atoms with Crippen molar-refractivity contribution in [1.82, 2.24) is 23.9 Å². The third-order valence-corrected chi connectivity index (χ3v) is 13.3. The number of benzene rings is 3. The molecule has 3 aromatic carbocycles. The maximum Gasteiger partial charge on any atom is 2.00 e. The first kappa shape index (κ1) is 36.4. The number of hydrogen-bond acceptors (Lipinski definition) is 2. The molecule has 0 unspecified atom stereocenters. The molecule has 0 aliphatic carbocycles. The average molecular weight is 869 g/mol. The number of aromatic nitrogens is 5.